The van der Waals surface area contributed by atoms with Gasteiger partial charge in [-0.1, -0.05) is 83.1 Å². The van der Waals surface area contributed by atoms with Crippen molar-refractivity contribution >= 4 is 0 Å². The Morgan fingerprint density at radius 1 is 0.556 bits per heavy atom. The molecule has 0 spiro atoms. The van der Waals surface area contributed by atoms with Crippen molar-refractivity contribution in [2.75, 3.05) is 0 Å². The molecule has 0 atom stereocenters. The Labute approximate surface area is 163 Å². The first-order valence-corrected chi connectivity index (χ1v) is 9.64. The summed E-state index contributed by atoms with van der Waals surface area (Å²) in [7, 11) is 0. The fourth-order valence-electron chi connectivity index (χ4n) is 1.97. The zero-order valence-electron chi connectivity index (χ0n) is 19.3. The average Bonchev–Trinajstić information content (AvgIpc) is 2.41. The monoisotopic (exact) mass is 408 g/mol. The van der Waals surface area contributed by atoms with E-state index >= 15 is 0 Å². The minimum atomic E-state index is -4.10. The van der Waals surface area contributed by atoms with Crippen molar-refractivity contribution in [3.63, 3.8) is 0 Å². The van der Waals surface area contributed by atoms with Gasteiger partial charge in [-0.05, 0) is 30.1 Å². The van der Waals surface area contributed by atoms with Crippen molar-refractivity contribution in [2.24, 2.45) is 28.1 Å². The van der Waals surface area contributed by atoms with Crippen molar-refractivity contribution < 1.29 is 26.3 Å². The van der Waals surface area contributed by atoms with Crippen LogP contribution in [0.25, 0.3) is 0 Å². The summed E-state index contributed by atoms with van der Waals surface area (Å²) < 4.78 is 74.1. The van der Waals surface area contributed by atoms with Crippen molar-refractivity contribution in [3.05, 3.63) is 0 Å². The summed E-state index contributed by atoms with van der Waals surface area (Å²) in [4.78, 5) is 0. The minimum absolute atomic E-state index is 0.160. The molecule has 0 amide bonds. The molecule has 0 saturated heterocycles. The number of alkyl halides is 6. The van der Waals surface area contributed by atoms with Gasteiger partial charge >= 0.3 is 12.4 Å². The van der Waals surface area contributed by atoms with Gasteiger partial charge in [0, 0.05) is 0 Å². The Morgan fingerprint density at radius 3 is 0.778 bits per heavy atom. The molecule has 27 heavy (non-hydrogen) atoms. The second kappa shape index (κ2) is 10.9. The Bertz CT molecular complexity index is 365. The van der Waals surface area contributed by atoms with Gasteiger partial charge in [-0.3, -0.25) is 0 Å². The van der Waals surface area contributed by atoms with E-state index in [4.69, 9.17) is 0 Å². The maximum absolute atomic E-state index is 12.6. The molecule has 0 aromatic heterocycles. The second-order valence-electron chi connectivity index (χ2n) is 9.86. The van der Waals surface area contributed by atoms with Crippen LogP contribution in [-0.4, -0.2) is 12.4 Å². The highest BCUT2D eigenvalue weighted by atomic mass is 19.4. The third-order valence-electron chi connectivity index (χ3n) is 5.25. The van der Waals surface area contributed by atoms with Crippen molar-refractivity contribution in [2.45, 2.75) is 108 Å². The van der Waals surface area contributed by atoms with Gasteiger partial charge in [0.2, 0.25) is 0 Å². The maximum Gasteiger partial charge on any atom is 0.394 e. The lowest BCUT2D eigenvalue weighted by atomic mass is 9.70. The van der Waals surface area contributed by atoms with E-state index < -0.39 is 23.2 Å². The Kier molecular flexibility index (Phi) is 12.7. The fourth-order valence-corrected chi connectivity index (χ4v) is 1.97. The van der Waals surface area contributed by atoms with Gasteiger partial charge in [-0.2, -0.15) is 26.3 Å². The number of hydrogen-bond donors (Lipinski definition) is 0. The lowest BCUT2D eigenvalue weighted by molar-refractivity contribution is -0.248. The molecule has 0 aliphatic heterocycles. The SMILES string of the molecule is CC(C)(C)C.CC(C)C(C)(C(C)C)C(F)(F)F.CCC(C)(CC)C(F)(F)F. The zero-order valence-corrected chi connectivity index (χ0v) is 19.3. The highest BCUT2D eigenvalue weighted by Crippen LogP contribution is 2.49. The zero-order chi connectivity index (χ0) is 23.1. The van der Waals surface area contributed by atoms with Crippen LogP contribution in [-0.2, 0) is 0 Å². The number of hydrogen-bond acceptors (Lipinski definition) is 0. The van der Waals surface area contributed by atoms with Crippen molar-refractivity contribution in [1.82, 2.24) is 0 Å². The molecule has 0 aliphatic rings. The van der Waals surface area contributed by atoms with Crippen LogP contribution in [0.5, 0.6) is 0 Å². The number of rotatable bonds is 4. The van der Waals surface area contributed by atoms with E-state index in [1.807, 2.05) is 0 Å². The summed E-state index contributed by atoms with van der Waals surface area (Å²) in [6, 6.07) is 0. The summed E-state index contributed by atoms with van der Waals surface area (Å²) in [6.45, 7) is 20.9. The molecule has 0 aromatic carbocycles. The molecule has 0 nitrogen and oxygen atoms in total. The topological polar surface area (TPSA) is 0 Å². The van der Waals surface area contributed by atoms with Crippen molar-refractivity contribution in [1.29, 1.82) is 0 Å². The van der Waals surface area contributed by atoms with Gasteiger partial charge in [0.25, 0.3) is 0 Å². The van der Waals surface area contributed by atoms with Crippen LogP contribution in [0.4, 0.5) is 26.3 Å². The summed E-state index contributed by atoms with van der Waals surface area (Å²) in [5.74, 6) is -0.755. The van der Waals surface area contributed by atoms with E-state index in [9.17, 15) is 26.3 Å². The predicted octanol–water partition coefficient (Wildman–Crippen LogP) is 9.29. The van der Waals surface area contributed by atoms with Crippen LogP contribution in [0.15, 0.2) is 0 Å². The first-order valence-electron chi connectivity index (χ1n) is 9.64. The molecular weight excluding hydrogens is 366 g/mol. The van der Waals surface area contributed by atoms with Gasteiger partial charge in [-0.15, -0.1) is 0 Å². The van der Waals surface area contributed by atoms with Gasteiger partial charge < -0.3 is 0 Å². The predicted molar refractivity (Wildman–Crippen MR) is 104 cm³/mol. The molecule has 0 aromatic rings. The van der Waals surface area contributed by atoms with E-state index in [0.29, 0.717) is 5.41 Å². The number of halogens is 6. The van der Waals surface area contributed by atoms with Crippen LogP contribution in [0, 0.1) is 28.1 Å². The largest absolute Gasteiger partial charge is 0.394 e. The molecule has 0 fully saturated rings. The van der Waals surface area contributed by atoms with E-state index in [2.05, 4.69) is 27.7 Å². The molecule has 0 saturated carbocycles. The Morgan fingerprint density at radius 2 is 0.778 bits per heavy atom. The molecule has 0 radical (unpaired) electrons. The van der Waals surface area contributed by atoms with Gasteiger partial charge in [-0.25, -0.2) is 0 Å². The van der Waals surface area contributed by atoms with E-state index in [1.165, 1.54) is 13.8 Å². The highest BCUT2D eigenvalue weighted by molar-refractivity contribution is 4.87. The lowest BCUT2D eigenvalue weighted by Crippen LogP contribution is -2.44. The second-order valence-corrected chi connectivity index (χ2v) is 9.86. The Hall–Kier alpha value is -0.420. The maximum atomic E-state index is 12.6. The highest BCUT2D eigenvalue weighted by Gasteiger charge is 2.54. The molecule has 0 heterocycles. The quantitative estimate of drug-likeness (QED) is 0.407. The van der Waals surface area contributed by atoms with E-state index in [0.717, 1.165) is 0 Å². The first kappa shape index (κ1) is 31.3. The smallest absolute Gasteiger partial charge is 0.171 e. The van der Waals surface area contributed by atoms with Crippen molar-refractivity contribution in [3.8, 4) is 0 Å². The first-order chi connectivity index (χ1) is 11.5. The summed E-state index contributed by atoms with van der Waals surface area (Å²) in [5.41, 5.74) is -2.54. The van der Waals surface area contributed by atoms with Gasteiger partial charge in [0.15, 0.2) is 0 Å². The normalized spacial score (nSPS) is 13.8. The van der Waals surface area contributed by atoms with E-state index in [1.54, 1.807) is 41.5 Å². The molecule has 168 valence electrons. The van der Waals surface area contributed by atoms with Gasteiger partial charge in [0.05, 0.1) is 10.8 Å². The van der Waals surface area contributed by atoms with Gasteiger partial charge in [0.1, 0.15) is 0 Å². The molecule has 0 bridgehead atoms. The molecule has 0 aliphatic carbocycles. The summed E-state index contributed by atoms with van der Waals surface area (Å²) in [6.07, 6.45) is -7.83. The fraction of sp³-hybridized carbons (Fsp3) is 1.00. The molecule has 0 rings (SSSR count). The molecular formula is C21H42F6. The van der Waals surface area contributed by atoms with Crippen LogP contribution < -0.4 is 0 Å². The van der Waals surface area contributed by atoms with Crippen LogP contribution >= 0.6 is 0 Å². The van der Waals surface area contributed by atoms with Crippen LogP contribution in [0.2, 0.25) is 0 Å². The third kappa shape index (κ3) is 11.2. The summed E-state index contributed by atoms with van der Waals surface area (Å²) in [5, 5.41) is 0. The molecule has 6 heteroatoms. The third-order valence-corrected chi connectivity index (χ3v) is 5.25. The Balaban J connectivity index is -0.000000347. The summed E-state index contributed by atoms with van der Waals surface area (Å²) >= 11 is 0. The van der Waals surface area contributed by atoms with Crippen LogP contribution in [0.1, 0.15) is 95.9 Å². The average molecular weight is 409 g/mol. The molecule has 0 unspecified atom stereocenters. The minimum Gasteiger partial charge on any atom is -0.171 e. The lowest BCUT2D eigenvalue weighted by Gasteiger charge is -2.39. The standard InChI is InChI=1S/C9H17F3.C7H13F3.C5H12/c1-6(2)8(5,7(3)4)9(10,11)12;1-4-6(3,5-2)7(8,9)10;1-5(2,3)4/h6-7H,1-5H3;4-5H2,1-3H3;1-4H3. The van der Waals surface area contributed by atoms with E-state index in [-0.39, 0.29) is 24.7 Å². The molecule has 0 N–H and O–H groups in total. The van der Waals surface area contributed by atoms with Crippen LogP contribution in [0.3, 0.4) is 0 Å².